The topological polar surface area (TPSA) is 45.7 Å². The van der Waals surface area contributed by atoms with Crippen LogP contribution in [0.3, 0.4) is 0 Å². The molecular weight excluding hydrogens is 313 g/mol. The zero-order chi connectivity index (χ0) is 16.7. The van der Waals surface area contributed by atoms with Crippen LogP contribution in [-0.4, -0.2) is 38.2 Å². The van der Waals surface area contributed by atoms with E-state index in [9.17, 15) is 4.39 Å². The van der Waals surface area contributed by atoms with Crippen molar-refractivity contribution in [2.45, 2.75) is 25.8 Å². The summed E-state index contributed by atoms with van der Waals surface area (Å²) in [6.07, 6.45) is 4.46. The third-order valence-electron chi connectivity index (χ3n) is 3.80. The van der Waals surface area contributed by atoms with Gasteiger partial charge in [0.1, 0.15) is 0 Å². The molecular formula is C17H26FN3OS. The third-order valence-corrected chi connectivity index (χ3v) is 4.42. The van der Waals surface area contributed by atoms with Gasteiger partial charge in [0.15, 0.2) is 17.5 Å². The number of benzene rings is 1. The highest BCUT2D eigenvalue weighted by Crippen LogP contribution is 2.30. The summed E-state index contributed by atoms with van der Waals surface area (Å²) in [6, 6.07) is 5.12. The number of ether oxygens (including phenoxy) is 1. The van der Waals surface area contributed by atoms with E-state index in [0.29, 0.717) is 18.3 Å². The van der Waals surface area contributed by atoms with Gasteiger partial charge in [-0.05, 0) is 49.6 Å². The van der Waals surface area contributed by atoms with Crippen molar-refractivity contribution in [1.82, 2.24) is 10.6 Å². The van der Waals surface area contributed by atoms with Crippen LogP contribution < -0.4 is 15.4 Å². The van der Waals surface area contributed by atoms with Gasteiger partial charge in [0.05, 0.1) is 12.6 Å². The maximum atomic E-state index is 14.1. The molecule has 0 spiro atoms. The fourth-order valence-corrected chi connectivity index (χ4v) is 2.46. The molecule has 4 nitrogen and oxygen atoms in total. The van der Waals surface area contributed by atoms with Gasteiger partial charge in [0, 0.05) is 19.3 Å². The number of nitrogens with one attached hydrogen (secondary N) is 2. The Kier molecular flexibility index (Phi) is 7.02. The van der Waals surface area contributed by atoms with Crippen LogP contribution in [-0.2, 0) is 0 Å². The van der Waals surface area contributed by atoms with E-state index < -0.39 is 0 Å². The molecule has 1 fully saturated rings. The van der Waals surface area contributed by atoms with Crippen LogP contribution in [0.4, 0.5) is 4.39 Å². The summed E-state index contributed by atoms with van der Waals surface area (Å²) in [5, 5.41) is 6.51. The van der Waals surface area contributed by atoms with Crippen molar-refractivity contribution in [3.05, 3.63) is 29.6 Å². The smallest absolute Gasteiger partial charge is 0.191 e. The lowest BCUT2D eigenvalue weighted by atomic mass is 10.1. The van der Waals surface area contributed by atoms with Crippen LogP contribution >= 0.6 is 11.8 Å². The molecule has 1 aliphatic rings. The molecule has 23 heavy (non-hydrogen) atoms. The molecule has 1 aliphatic carbocycles. The number of nitrogens with zero attached hydrogens (tertiary/aromatic N) is 1. The molecule has 0 saturated heterocycles. The number of hydrogen-bond acceptors (Lipinski definition) is 3. The second-order valence-electron chi connectivity index (χ2n) is 5.80. The Morgan fingerprint density at radius 3 is 2.87 bits per heavy atom. The maximum absolute atomic E-state index is 14.1. The van der Waals surface area contributed by atoms with Crippen LogP contribution in [0.25, 0.3) is 0 Å². The monoisotopic (exact) mass is 339 g/mol. The lowest BCUT2D eigenvalue weighted by Crippen LogP contribution is -2.39. The quantitative estimate of drug-likeness (QED) is 0.434. The number of thioether (sulfide) groups is 1. The number of rotatable bonds is 8. The third kappa shape index (κ3) is 5.94. The minimum Gasteiger partial charge on any atom is -0.490 e. The van der Waals surface area contributed by atoms with Crippen molar-refractivity contribution in [2.24, 2.45) is 10.9 Å². The van der Waals surface area contributed by atoms with Crippen LogP contribution in [0.2, 0.25) is 0 Å². The summed E-state index contributed by atoms with van der Waals surface area (Å²) < 4.78 is 19.7. The van der Waals surface area contributed by atoms with Gasteiger partial charge in [-0.1, -0.05) is 6.07 Å². The van der Waals surface area contributed by atoms with Crippen molar-refractivity contribution in [1.29, 1.82) is 0 Å². The summed E-state index contributed by atoms with van der Waals surface area (Å²) in [4.78, 5) is 4.19. The molecule has 1 saturated carbocycles. The first-order valence-electron chi connectivity index (χ1n) is 8.02. The summed E-state index contributed by atoms with van der Waals surface area (Å²) in [5.74, 6) is 2.39. The Labute approximate surface area is 142 Å². The highest BCUT2D eigenvalue weighted by Gasteiger charge is 2.22. The molecule has 2 rings (SSSR count). The second kappa shape index (κ2) is 9.01. The largest absolute Gasteiger partial charge is 0.490 e. The normalized spacial score (nSPS) is 16.1. The number of halogens is 1. The summed E-state index contributed by atoms with van der Waals surface area (Å²) in [5.41, 5.74) is 0.870. The van der Waals surface area contributed by atoms with Gasteiger partial charge in [0.2, 0.25) is 0 Å². The predicted octanol–water partition coefficient (Wildman–Crippen LogP) is 3.20. The minimum atomic E-state index is -0.304. The SMILES string of the molecule is CN=C(NCCSC)NC(C)c1ccc(OCC2CC2)c(F)c1. The Morgan fingerprint density at radius 1 is 1.48 bits per heavy atom. The molecule has 2 N–H and O–H groups in total. The van der Waals surface area contributed by atoms with E-state index in [1.54, 1.807) is 24.9 Å². The fraction of sp³-hybridized carbons (Fsp3) is 0.588. The average molecular weight is 339 g/mol. The Bertz CT molecular complexity index is 535. The van der Waals surface area contributed by atoms with Crippen molar-refractivity contribution in [3.63, 3.8) is 0 Å². The van der Waals surface area contributed by atoms with Gasteiger partial charge in [-0.15, -0.1) is 0 Å². The first kappa shape index (κ1) is 17.9. The number of hydrogen-bond donors (Lipinski definition) is 2. The zero-order valence-electron chi connectivity index (χ0n) is 14.1. The van der Waals surface area contributed by atoms with Gasteiger partial charge in [-0.3, -0.25) is 4.99 Å². The lowest BCUT2D eigenvalue weighted by Gasteiger charge is -2.19. The van der Waals surface area contributed by atoms with Crippen molar-refractivity contribution >= 4 is 17.7 Å². The molecule has 1 aromatic rings. The minimum absolute atomic E-state index is 0.0394. The predicted molar refractivity (Wildman–Crippen MR) is 95.9 cm³/mol. The van der Waals surface area contributed by atoms with E-state index in [0.717, 1.165) is 23.8 Å². The Balaban J connectivity index is 1.89. The zero-order valence-corrected chi connectivity index (χ0v) is 14.9. The highest BCUT2D eigenvalue weighted by molar-refractivity contribution is 7.98. The maximum Gasteiger partial charge on any atom is 0.191 e. The average Bonchev–Trinajstić information content (AvgIpc) is 3.37. The summed E-state index contributed by atoms with van der Waals surface area (Å²) >= 11 is 1.78. The molecule has 0 aromatic heterocycles. The molecule has 0 bridgehead atoms. The van der Waals surface area contributed by atoms with E-state index in [1.807, 2.05) is 13.0 Å². The van der Waals surface area contributed by atoms with Gasteiger partial charge >= 0.3 is 0 Å². The summed E-state index contributed by atoms with van der Waals surface area (Å²) in [6.45, 7) is 3.45. The molecule has 6 heteroatoms. The first-order valence-corrected chi connectivity index (χ1v) is 9.41. The van der Waals surface area contributed by atoms with Gasteiger partial charge in [-0.2, -0.15) is 11.8 Å². The van der Waals surface area contributed by atoms with Gasteiger partial charge < -0.3 is 15.4 Å². The van der Waals surface area contributed by atoms with Crippen LogP contribution in [0.5, 0.6) is 5.75 Å². The number of guanidine groups is 1. The standard InChI is InChI=1S/C17H26FN3OS/c1-12(21-17(19-2)20-8-9-23-3)14-6-7-16(15(18)10-14)22-11-13-4-5-13/h6-7,10,12-13H,4-5,8-9,11H2,1-3H3,(H2,19,20,21). The van der Waals surface area contributed by atoms with Crippen LogP contribution in [0.1, 0.15) is 31.4 Å². The molecule has 1 unspecified atom stereocenters. The second-order valence-corrected chi connectivity index (χ2v) is 6.79. The Morgan fingerprint density at radius 2 is 2.26 bits per heavy atom. The molecule has 1 aromatic carbocycles. The van der Waals surface area contributed by atoms with Crippen LogP contribution in [0.15, 0.2) is 23.2 Å². The fourth-order valence-electron chi connectivity index (χ4n) is 2.15. The first-order chi connectivity index (χ1) is 11.1. The molecule has 128 valence electrons. The van der Waals surface area contributed by atoms with Crippen molar-refractivity contribution < 1.29 is 9.13 Å². The van der Waals surface area contributed by atoms with Crippen LogP contribution in [0, 0.1) is 11.7 Å². The molecule has 1 atom stereocenters. The van der Waals surface area contributed by atoms with Gasteiger partial charge in [-0.25, -0.2) is 4.39 Å². The summed E-state index contributed by atoms with van der Waals surface area (Å²) in [7, 11) is 1.73. The van der Waals surface area contributed by atoms with Gasteiger partial charge in [0.25, 0.3) is 0 Å². The molecule has 0 amide bonds. The Hall–Kier alpha value is -1.43. The molecule has 0 aliphatic heterocycles. The van der Waals surface area contributed by atoms with E-state index in [2.05, 4.69) is 21.9 Å². The molecule has 0 heterocycles. The van der Waals surface area contributed by atoms with Crippen molar-refractivity contribution in [3.8, 4) is 5.75 Å². The van der Waals surface area contributed by atoms with E-state index in [-0.39, 0.29) is 11.9 Å². The lowest BCUT2D eigenvalue weighted by molar-refractivity contribution is 0.285. The molecule has 0 radical (unpaired) electrons. The van der Waals surface area contributed by atoms with Crippen molar-refractivity contribution in [2.75, 3.05) is 32.2 Å². The van der Waals surface area contributed by atoms with E-state index in [1.165, 1.54) is 18.9 Å². The highest BCUT2D eigenvalue weighted by atomic mass is 32.2. The van der Waals surface area contributed by atoms with E-state index in [4.69, 9.17) is 4.74 Å². The number of aliphatic imine (C=N–C) groups is 1. The van der Waals surface area contributed by atoms with E-state index >= 15 is 0 Å².